The van der Waals surface area contributed by atoms with Crippen LogP contribution in [-0.4, -0.2) is 35.1 Å². The summed E-state index contributed by atoms with van der Waals surface area (Å²) in [5.74, 6) is -4.68. The van der Waals surface area contributed by atoms with Gasteiger partial charge in [0.2, 0.25) is 0 Å². The number of aromatic hydroxyl groups is 1. The molecule has 1 aromatic heterocycles. The molecule has 36 heavy (non-hydrogen) atoms. The Morgan fingerprint density at radius 3 is 2.06 bits per heavy atom. The number of ether oxygens (including phenoxy) is 2. The predicted octanol–water partition coefficient (Wildman–Crippen LogP) is 6.35. The van der Waals surface area contributed by atoms with E-state index in [9.17, 15) is 23.5 Å². The van der Waals surface area contributed by atoms with Gasteiger partial charge >= 0.3 is 5.97 Å². The molecule has 0 unspecified atom stereocenters. The largest absolute Gasteiger partial charge is 0.503 e. The molecule has 0 fully saturated rings. The minimum Gasteiger partial charge on any atom is -0.503 e. The van der Waals surface area contributed by atoms with Crippen LogP contribution < -0.4 is 4.74 Å². The lowest BCUT2D eigenvalue weighted by molar-refractivity contribution is -0.153. The zero-order valence-corrected chi connectivity index (χ0v) is 21.1. The van der Waals surface area contributed by atoms with Crippen molar-refractivity contribution in [2.45, 2.75) is 32.3 Å². The van der Waals surface area contributed by atoms with Crippen LogP contribution in [0.2, 0.25) is 10.0 Å². The second-order valence-corrected chi connectivity index (χ2v) is 9.02. The van der Waals surface area contributed by atoms with Crippen LogP contribution in [0.3, 0.4) is 0 Å². The van der Waals surface area contributed by atoms with Crippen molar-refractivity contribution in [1.29, 1.82) is 0 Å². The first-order chi connectivity index (χ1) is 17.0. The van der Waals surface area contributed by atoms with Gasteiger partial charge < -0.3 is 14.6 Å². The fraction of sp³-hybridized carbons (Fsp3) is 0.269. The number of hydrogen-bond acceptors (Lipinski definition) is 6. The highest BCUT2D eigenvalue weighted by molar-refractivity contribution is 6.31. The first kappa shape index (κ1) is 27.4. The molecule has 3 aromatic rings. The Labute approximate surface area is 216 Å². The molecule has 2 atom stereocenters. The number of methoxy groups -OCH3 is 1. The number of ketones is 1. The van der Waals surface area contributed by atoms with Crippen LogP contribution in [0.5, 0.6) is 11.5 Å². The topological polar surface area (TPSA) is 85.7 Å². The van der Waals surface area contributed by atoms with E-state index in [1.54, 1.807) is 19.1 Å². The Bertz CT molecular complexity index is 1240. The van der Waals surface area contributed by atoms with Gasteiger partial charge in [0.05, 0.1) is 23.1 Å². The molecule has 190 valence electrons. The molecule has 0 aliphatic carbocycles. The van der Waals surface area contributed by atoms with Crippen molar-refractivity contribution in [3.63, 3.8) is 0 Å². The molecule has 0 amide bonds. The van der Waals surface area contributed by atoms with Crippen LogP contribution in [0.25, 0.3) is 0 Å². The predicted molar refractivity (Wildman–Crippen MR) is 131 cm³/mol. The summed E-state index contributed by atoms with van der Waals surface area (Å²) < 4.78 is 39.1. The summed E-state index contributed by atoms with van der Waals surface area (Å²) >= 11 is 11.6. The molecule has 10 heteroatoms. The number of pyridine rings is 1. The third-order valence-electron chi connectivity index (χ3n) is 5.64. The van der Waals surface area contributed by atoms with E-state index in [0.29, 0.717) is 11.1 Å². The van der Waals surface area contributed by atoms with E-state index in [1.165, 1.54) is 50.6 Å². The summed E-state index contributed by atoms with van der Waals surface area (Å²) in [5, 5.41) is 9.98. The summed E-state index contributed by atoms with van der Waals surface area (Å²) in [6, 6.07) is 9.59. The number of Topliss-reactive ketones (excluding diaryl/α,β-unsaturated/α-hetero) is 1. The highest BCUT2D eigenvalue weighted by Crippen LogP contribution is 2.34. The van der Waals surface area contributed by atoms with Gasteiger partial charge in [0.25, 0.3) is 0 Å². The summed E-state index contributed by atoms with van der Waals surface area (Å²) in [6.45, 7) is 3.06. The number of carbonyl (C=O) groups excluding carboxylic acids is 2. The molecule has 6 nitrogen and oxygen atoms in total. The van der Waals surface area contributed by atoms with E-state index in [4.69, 9.17) is 32.7 Å². The fourth-order valence-corrected chi connectivity index (χ4v) is 4.01. The maximum atomic E-state index is 14.2. The summed E-state index contributed by atoms with van der Waals surface area (Å²) in [6.07, 6.45) is 0.118. The van der Waals surface area contributed by atoms with E-state index in [1.807, 2.05) is 0 Å². The van der Waals surface area contributed by atoms with Crippen molar-refractivity contribution in [2.75, 3.05) is 7.11 Å². The van der Waals surface area contributed by atoms with Gasteiger partial charge in [-0.15, -0.1) is 0 Å². The minimum atomic E-state index is -0.906. The van der Waals surface area contributed by atoms with E-state index >= 15 is 0 Å². The van der Waals surface area contributed by atoms with E-state index in [0.717, 1.165) is 0 Å². The Morgan fingerprint density at radius 2 is 1.56 bits per heavy atom. The molecular weight excluding hydrogens is 515 g/mol. The number of halogens is 4. The van der Waals surface area contributed by atoms with Gasteiger partial charge in [-0.05, 0) is 42.3 Å². The number of hydrogen-bond donors (Lipinski definition) is 1. The van der Waals surface area contributed by atoms with Crippen LogP contribution in [0.1, 0.15) is 47.8 Å². The standard InChI is InChI=1S/C26H23Cl2F2NO5/c1-13(10-21(32)24-25(33)22(35-3)8-9-31-24)26(34)36-14(2)23(15-4-6-17(27)19(29)11-15)16-5-7-18(28)20(30)12-16/h4-9,11-14,23,33H,10H2,1-3H3/t13-,14+/m1/s1. The lowest BCUT2D eigenvalue weighted by Gasteiger charge is -2.26. The SMILES string of the molecule is COc1ccnc(C(=O)C[C@@H](C)C(=O)O[C@@H](C)C(c2ccc(Cl)c(F)c2)c2ccc(Cl)c(F)c2)c1O. The number of benzene rings is 2. The number of esters is 1. The molecule has 3 rings (SSSR count). The van der Waals surface area contributed by atoms with Crippen LogP contribution in [0, 0.1) is 17.6 Å². The number of nitrogens with zero attached hydrogens (tertiary/aromatic N) is 1. The quantitative estimate of drug-likeness (QED) is 0.252. The van der Waals surface area contributed by atoms with Crippen molar-refractivity contribution in [2.24, 2.45) is 5.92 Å². The maximum Gasteiger partial charge on any atom is 0.309 e. The zero-order valence-electron chi connectivity index (χ0n) is 19.6. The Kier molecular flexibility index (Phi) is 8.87. The molecule has 2 aromatic carbocycles. The lowest BCUT2D eigenvalue weighted by atomic mass is 9.87. The monoisotopic (exact) mass is 537 g/mol. The van der Waals surface area contributed by atoms with Gasteiger partial charge in [0.1, 0.15) is 17.7 Å². The average Bonchev–Trinajstić information content (AvgIpc) is 2.83. The molecule has 0 aliphatic heterocycles. The van der Waals surface area contributed by atoms with Gasteiger partial charge in [0, 0.05) is 24.6 Å². The molecule has 1 N–H and O–H groups in total. The van der Waals surface area contributed by atoms with Crippen molar-refractivity contribution in [1.82, 2.24) is 4.98 Å². The van der Waals surface area contributed by atoms with Gasteiger partial charge in [-0.1, -0.05) is 42.3 Å². The molecule has 0 aliphatic rings. The van der Waals surface area contributed by atoms with Gasteiger partial charge in [0.15, 0.2) is 23.0 Å². The Hall–Kier alpha value is -3.23. The molecule has 0 radical (unpaired) electrons. The molecular formula is C26H23Cl2F2NO5. The third-order valence-corrected chi connectivity index (χ3v) is 6.26. The van der Waals surface area contributed by atoms with Gasteiger partial charge in [-0.2, -0.15) is 0 Å². The average molecular weight is 538 g/mol. The first-order valence-electron chi connectivity index (χ1n) is 10.9. The van der Waals surface area contributed by atoms with Crippen LogP contribution in [0.4, 0.5) is 8.78 Å². The molecule has 0 spiro atoms. The number of aromatic nitrogens is 1. The molecule has 1 heterocycles. The van der Waals surface area contributed by atoms with Crippen LogP contribution in [0.15, 0.2) is 48.7 Å². The highest BCUT2D eigenvalue weighted by atomic mass is 35.5. The van der Waals surface area contributed by atoms with E-state index in [2.05, 4.69) is 4.98 Å². The van der Waals surface area contributed by atoms with Crippen molar-refractivity contribution in [3.05, 3.63) is 87.2 Å². The second kappa shape index (κ2) is 11.7. The molecule has 0 bridgehead atoms. The number of carbonyl (C=O) groups is 2. The third kappa shape index (κ3) is 6.12. The fourth-order valence-electron chi connectivity index (χ4n) is 3.78. The number of rotatable bonds is 9. The zero-order chi connectivity index (χ0) is 26.6. The first-order valence-corrected chi connectivity index (χ1v) is 11.6. The van der Waals surface area contributed by atoms with Crippen LogP contribution >= 0.6 is 23.2 Å². The van der Waals surface area contributed by atoms with Crippen molar-refractivity contribution in [3.8, 4) is 11.5 Å². The Balaban J connectivity index is 1.82. The van der Waals surface area contributed by atoms with E-state index < -0.39 is 47.1 Å². The van der Waals surface area contributed by atoms with Gasteiger partial charge in [-0.25, -0.2) is 13.8 Å². The lowest BCUT2D eigenvalue weighted by Crippen LogP contribution is -2.28. The van der Waals surface area contributed by atoms with Crippen molar-refractivity contribution < 1.29 is 33.0 Å². The van der Waals surface area contributed by atoms with Gasteiger partial charge in [-0.3, -0.25) is 9.59 Å². The summed E-state index contributed by atoms with van der Waals surface area (Å²) in [5.41, 5.74) is 0.564. The summed E-state index contributed by atoms with van der Waals surface area (Å²) in [4.78, 5) is 29.4. The highest BCUT2D eigenvalue weighted by Gasteiger charge is 2.30. The second-order valence-electron chi connectivity index (χ2n) is 8.21. The minimum absolute atomic E-state index is 0.0745. The molecule has 0 saturated carbocycles. The Morgan fingerprint density at radius 1 is 1.00 bits per heavy atom. The van der Waals surface area contributed by atoms with E-state index in [-0.39, 0.29) is 27.9 Å². The maximum absolute atomic E-state index is 14.2. The smallest absolute Gasteiger partial charge is 0.309 e. The van der Waals surface area contributed by atoms with Crippen LogP contribution in [-0.2, 0) is 9.53 Å². The van der Waals surface area contributed by atoms with Crippen molar-refractivity contribution >= 4 is 35.0 Å². The normalized spacial score (nSPS) is 12.8. The molecule has 0 saturated heterocycles. The summed E-state index contributed by atoms with van der Waals surface area (Å²) in [7, 11) is 1.33.